The minimum Gasteiger partial charge on any atom is -0.326 e. The molecule has 0 amide bonds. The second-order valence-corrected chi connectivity index (χ2v) is 5.35. The molecule has 2 nitrogen and oxygen atoms in total. The third kappa shape index (κ3) is 4.33. The molecule has 86 valence electrons. The molecule has 0 bridgehead atoms. The van der Waals surface area contributed by atoms with E-state index < -0.39 is 0 Å². The predicted molar refractivity (Wildman–Crippen MR) is 68.1 cm³/mol. The summed E-state index contributed by atoms with van der Waals surface area (Å²) < 4.78 is 0. The number of thiophene rings is 1. The van der Waals surface area contributed by atoms with Crippen LogP contribution in [0.25, 0.3) is 0 Å². The first-order valence-corrected chi connectivity index (χ1v) is 6.51. The molecule has 0 radical (unpaired) electrons. The van der Waals surface area contributed by atoms with E-state index in [9.17, 15) is 0 Å². The highest BCUT2D eigenvalue weighted by molar-refractivity contribution is 7.09. The van der Waals surface area contributed by atoms with Crippen LogP contribution in [0.1, 0.15) is 25.6 Å². The predicted octanol–water partition coefficient (Wildman–Crippen LogP) is 2.55. The molecule has 0 aliphatic rings. The Balaban J connectivity index is 2.42. The fourth-order valence-corrected chi connectivity index (χ4v) is 2.18. The first kappa shape index (κ1) is 12.7. The van der Waals surface area contributed by atoms with Crippen LogP contribution >= 0.6 is 11.3 Å². The number of hydrogen-bond donors (Lipinski definition) is 1. The van der Waals surface area contributed by atoms with Crippen LogP contribution in [-0.2, 0) is 6.54 Å². The summed E-state index contributed by atoms with van der Waals surface area (Å²) in [5.74, 6) is 0.558. The Bertz CT molecular complexity index is 257. The number of rotatable bonds is 6. The summed E-state index contributed by atoms with van der Waals surface area (Å²) in [5, 5.41) is 2.13. The van der Waals surface area contributed by atoms with Gasteiger partial charge in [0.2, 0.25) is 0 Å². The van der Waals surface area contributed by atoms with Crippen molar-refractivity contribution in [2.75, 3.05) is 13.1 Å². The molecule has 1 unspecified atom stereocenters. The van der Waals surface area contributed by atoms with E-state index in [4.69, 9.17) is 5.73 Å². The number of hydrogen-bond acceptors (Lipinski definition) is 3. The summed E-state index contributed by atoms with van der Waals surface area (Å²) in [6, 6.07) is 4.58. The van der Waals surface area contributed by atoms with E-state index in [-0.39, 0.29) is 6.04 Å². The van der Waals surface area contributed by atoms with E-state index in [1.54, 1.807) is 0 Å². The molecule has 1 aromatic heterocycles. The second kappa shape index (κ2) is 6.26. The van der Waals surface area contributed by atoms with E-state index >= 15 is 0 Å². The molecule has 0 spiro atoms. The van der Waals surface area contributed by atoms with Gasteiger partial charge in [-0.2, -0.15) is 0 Å². The Hall–Kier alpha value is -0.380. The lowest BCUT2D eigenvalue weighted by molar-refractivity contribution is 0.243. The van der Waals surface area contributed by atoms with Gasteiger partial charge in [-0.05, 0) is 23.9 Å². The normalized spacial score (nSPS) is 13.7. The van der Waals surface area contributed by atoms with Crippen LogP contribution in [0.5, 0.6) is 0 Å². The van der Waals surface area contributed by atoms with Gasteiger partial charge in [-0.25, -0.2) is 0 Å². The summed E-state index contributed by atoms with van der Waals surface area (Å²) in [5.41, 5.74) is 6.08. The monoisotopic (exact) mass is 226 g/mol. The fraction of sp³-hybridized carbons (Fsp3) is 0.667. The molecule has 0 aliphatic heterocycles. The van der Waals surface area contributed by atoms with Crippen molar-refractivity contribution < 1.29 is 0 Å². The van der Waals surface area contributed by atoms with Gasteiger partial charge >= 0.3 is 0 Å². The standard InChI is InChI=1S/C12H22N2S/c1-4-14(9-12(13)10(2)3)8-11-6-5-7-15-11/h5-7,10,12H,4,8-9,13H2,1-3H3. The Morgan fingerprint density at radius 2 is 2.20 bits per heavy atom. The number of nitrogens with two attached hydrogens (primary N) is 1. The maximum absolute atomic E-state index is 6.08. The van der Waals surface area contributed by atoms with Gasteiger partial charge in [-0.1, -0.05) is 26.8 Å². The number of nitrogens with zero attached hydrogens (tertiary/aromatic N) is 1. The van der Waals surface area contributed by atoms with Gasteiger partial charge in [-0.3, -0.25) is 4.90 Å². The summed E-state index contributed by atoms with van der Waals surface area (Å²) >= 11 is 1.82. The molecule has 1 rings (SSSR count). The lowest BCUT2D eigenvalue weighted by Gasteiger charge is -2.25. The molecule has 2 N–H and O–H groups in total. The van der Waals surface area contributed by atoms with Crippen molar-refractivity contribution in [2.24, 2.45) is 11.7 Å². The van der Waals surface area contributed by atoms with E-state index in [0.717, 1.165) is 19.6 Å². The maximum atomic E-state index is 6.08. The molecule has 0 saturated heterocycles. The van der Waals surface area contributed by atoms with Gasteiger partial charge in [0.05, 0.1) is 0 Å². The smallest absolute Gasteiger partial charge is 0.0328 e. The Morgan fingerprint density at radius 3 is 2.67 bits per heavy atom. The summed E-state index contributed by atoms with van der Waals surface area (Å²) in [6.07, 6.45) is 0. The van der Waals surface area contributed by atoms with E-state index in [0.29, 0.717) is 5.92 Å². The SMILES string of the molecule is CCN(Cc1cccs1)CC(N)C(C)C. The zero-order chi connectivity index (χ0) is 11.3. The minimum atomic E-state index is 0.282. The molecule has 3 heteroatoms. The maximum Gasteiger partial charge on any atom is 0.0328 e. The highest BCUT2D eigenvalue weighted by atomic mass is 32.1. The van der Waals surface area contributed by atoms with E-state index in [1.165, 1.54) is 4.88 Å². The van der Waals surface area contributed by atoms with Crippen molar-refractivity contribution in [3.8, 4) is 0 Å². The van der Waals surface area contributed by atoms with Gasteiger partial charge in [-0.15, -0.1) is 11.3 Å². The molecule has 0 aliphatic carbocycles. The third-order valence-corrected chi connectivity index (χ3v) is 3.59. The van der Waals surface area contributed by atoms with Gasteiger partial charge in [0, 0.05) is 24.0 Å². The van der Waals surface area contributed by atoms with Gasteiger partial charge < -0.3 is 5.73 Å². The Labute approximate surface area is 97.1 Å². The quantitative estimate of drug-likeness (QED) is 0.808. The Kier molecular flexibility index (Phi) is 5.29. The van der Waals surface area contributed by atoms with Crippen molar-refractivity contribution in [1.82, 2.24) is 4.90 Å². The lowest BCUT2D eigenvalue weighted by atomic mass is 10.1. The van der Waals surface area contributed by atoms with Crippen LogP contribution < -0.4 is 5.73 Å². The molecule has 1 heterocycles. The van der Waals surface area contributed by atoms with Gasteiger partial charge in [0.15, 0.2) is 0 Å². The molecule has 15 heavy (non-hydrogen) atoms. The summed E-state index contributed by atoms with van der Waals surface area (Å²) in [7, 11) is 0. The van der Waals surface area contributed by atoms with Crippen LogP contribution in [0.3, 0.4) is 0 Å². The van der Waals surface area contributed by atoms with Crippen molar-refractivity contribution in [3.63, 3.8) is 0 Å². The van der Waals surface area contributed by atoms with Crippen LogP contribution in [-0.4, -0.2) is 24.0 Å². The third-order valence-electron chi connectivity index (χ3n) is 2.73. The first-order valence-electron chi connectivity index (χ1n) is 5.63. The lowest BCUT2D eigenvalue weighted by Crippen LogP contribution is -2.40. The largest absolute Gasteiger partial charge is 0.326 e. The van der Waals surface area contributed by atoms with E-state index in [1.807, 2.05) is 11.3 Å². The molecule has 0 fully saturated rings. The molecule has 0 saturated carbocycles. The van der Waals surface area contributed by atoms with E-state index in [2.05, 4.69) is 43.2 Å². The second-order valence-electron chi connectivity index (χ2n) is 4.31. The summed E-state index contributed by atoms with van der Waals surface area (Å²) in [4.78, 5) is 3.84. The Morgan fingerprint density at radius 1 is 1.47 bits per heavy atom. The fourth-order valence-electron chi connectivity index (χ4n) is 1.44. The summed E-state index contributed by atoms with van der Waals surface area (Å²) in [6.45, 7) is 9.66. The van der Waals surface area contributed by atoms with Crippen LogP contribution in [0.15, 0.2) is 17.5 Å². The zero-order valence-electron chi connectivity index (χ0n) is 9.94. The average molecular weight is 226 g/mol. The van der Waals surface area contributed by atoms with Gasteiger partial charge in [0.1, 0.15) is 0 Å². The molecule has 1 aromatic rings. The topological polar surface area (TPSA) is 29.3 Å². The molecule has 0 aromatic carbocycles. The van der Waals surface area contributed by atoms with Crippen LogP contribution in [0.2, 0.25) is 0 Å². The van der Waals surface area contributed by atoms with Crippen LogP contribution in [0, 0.1) is 5.92 Å². The first-order chi connectivity index (χ1) is 7.13. The zero-order valence-corrected chi connectivity index (χ0v) is 10.8. The van der Waals surface area contributed by atoms with Crippen LogP contribution in [0.4, 0.5) is 0 Å². The van der Waals surface area contributed by atoms with Gasteiger partial charge in [0.25, 0.3) is 0 Å². The van der Waals surface area contributed by atoms with Crippen molar-refractivity contribution in [3.05, 3.63) is 22.4 Å². The highest BCUT2D eigenvalue weighted by Crippen LogP contribution is 2.12. The molecular weight excluding hydrogens is 204 g/mol. The van der Waals surface area contributed by atoms with Crippen molar-refractivity contribution in [2.45, 2.75) is 33.4 Å². The minimum absolute atomic E-state index is 0.282. The highest BCUT2D eigenvalue weighted by Gasteiger charge is 2.12. The van der Waals surface area contributed by atoms with Crippen molar-refractivity contribution in [1.29, 1.82) is 0 Å². The molecular formula is C12H22N2S. The molecule has 1 atom stereocenters. The van der Waals surface area contributed by atoms with Crippen molar-refractivity contribution >= 4 is 11.3 Å². The number of likely N-dealkylation sites (N-methyl/N-ethyl adjacent to an activating group) is 1. The average Bonchev–Trinajstić information content (AvgIpc) is 2.69.